The standard InChI is InChI=1S/C17H26N2O4/c1-17(2,3)23-16(21)19-8-4-5-12(10-19)11-22-15-7-6-13(18)9-14(15)20/h6-7,9,12,20H,4-5,8,10-11,18H2,1-3H3. The molecule has 128 valence electrons. The smallest absolute Gasteiger partial charge is 0.410 e. The van der Waals surface area contributed by atoms with Gasteiger partial charge in [0.15, 0.2) is 11.5 Å². The second kappa shape index (κ2) is 6.98. The molecule has 2 rings (SSSR count). The van der Waals surface area contributed by atoms with Crippen molar-refractivity contribution < 1.29 is 19.4 Å². The van der Waals surface area contributed by atoms with E-state index in [0.717, 1.165) is 12.8 Å². The van der Waals surface area contributed by atoms with Crippen LogP contribution in [0.3, 0.4) is 0 Å². The number of hydrogen-bond donors (Lipinski definition) is 2. The molecule has 1 saturated heterocycles. The molecule has 1 aromatic rings. The van der Waals surface area contributed by atoms with Gasteiger partial charge in [0.25, 0.3) is 0 Å². The van der Waals surface area contributed by atoms with E-state index in [2.05, 4.69) is 0 Å². The third-order valence-corrected chi connectivity index (χ3v) is 3.63. The number of carbonyl (C=O) groups is 1. The Morgan fingerprint density at radius 1 is 1.43 bits per heavy atom. The first-order valence-electron chi connectivity index (χ1n) is 7.94. The van der Waals surface area contributed by atoms with Crippen molar-refractivity contribution in [3.8, 4) is 11.5 Å². The fourth-order valence-electron chi connectivity index (χ4n) is 2.56. The number of hydrogen-bond acceptors (Lipinski definition) is 5. The van der Waals surface area contributed by atoms with Crippen LogP contribution in [-0.4, -0.2) is 41.4 Å². The number of likely N-dealkylation sites (tertiary alicyclic amines) is 1. The molecule has 6 heteroatoms. The zero-order chi connectivity index (χ0) is 17.0. The SMILES string of the molecule is CC(C)(C)OC(=O)N1CCCC(COc2ccc(N)cc2O)C1. The van der Waals surface area contributed by atoms with Crippen LogP contribution in [0, 0.1) is 5.92 Å². The topological polar surface area (TPSA) is 85.0 Å². The summed E-state index contributed by atoms with van der Waals surface area (Å²) in [4.78, 5) is 13.9. The number of nitrogen functional groups attached to an aromatic ring is 1. The van der Waals surface area contributed by atoms with E-state index in [0.29, 0.717) is 31.1 Å². The van der Waals surface area contributed by atoms with Crippen LogP contribution in [0.25, 0.3) is 0 Å². The normalized spacial score (nSPS) is 18.6. The Hall–Kier alpha value is -2.11. The van der Waals surface area contributed by atoms with E-state index in [1.807, 2.05) is 20.8 Å². The summed E-state index contributed by atoms with van der Waals surface area (Å²) in [6, 6.07) is 4.80. The molecule has 1 aliphatic rings. The van der Waals surface area contributed by atoms with E-state index in [-0.39, 0.29) is 17.8 Å². The summed E-state index contributed by atoms with van der Waals surface area (Å²) >= 11 is 0. The number of rotatable bonds is 3. The average molecular weight is 322 g/mol. The lowest BCUT2D eigenvalue weighted by Crippen LogP contribution is -2.44. The van der Waals surface area contributed by atoms with Crippen LogP contribution in [0.15, 0.2) is 18.2 Å². The highest BCUT2D eigenvalue weighted by atomic mass is 16.6. The van der Waals surface area contributed by atoms with Crippen LogP contribution < -0.4 is 10.5 Å². The van der Waals surface area contributed by atoms with Crippen LogP contribution in [0.4, 0.5) is 10.5 Å². The van der Waals surface area contributed by atoms with E-state index < -0.39 is 5.60 Å². The van der Waals surface area contributed by atoms with Crippen LogP contribution in [0.2, 0.25) is 0 Å². The Morgan fingerprint density at radius 3 is 2.83 bits per heavy atom. The summed E-state index contributed by atoms with van der Waals surface area (Å²) < 4.78 is 11.1. The van der Waals surface area contributed by atoms with Crippen LogP contribution in [0.5, 0.6) is 11.5 Å². The number of nitrogens with zero attached hydrogens (tertiary/aromatic N) is 1. The molecule has 6 nitrogen and oxygen atoms in total. The van der Waals surface area contributed by atoms with E-state index in [1.165, 1.54) is 6.07 Å². The number of aromatic hydroxyl groups is 1. The second-order valence-electron chi connectivity index (χ2n) is 6.97. The molecule has 1 amide bonds. The van der Waals surface area contributed by atoms with Crippen molar-refractivity contribution in [1.82, 2.24) is 4.90 Å². The summed E-state index contributed by atoms with van der Waals surface area (Å²) in [5.41, 5.74) is 5.59. The molecule has 1 atom stereocenters. The minimum Gasteiger partial charge on any atom is -0.504 e. The Bertz CT molecular complexity index is 554. The first kappa shape index (κ1) is 17.2. The number of benzene rings is 1. The Labute approximate surface area is 137 Å². The molecule has 0 radical (unpaired) electrons. The van der Waals surface area contributed by atoms with Gasteiger partial charge in [-0.3, -0.25) is 0 Å². The lowest BCUT2D eigenvalue weighted by atomic mass is 9.99. The van der Waals surface area contributed by atoms with Crippen molar-refractivity contribution >= 4 is 11.8 Å². The molecule has 1 heterocycles. The van der Waals surface area contributed by atoms with Gasteiger partial charge in [-0.05, 0) is 45.7 Å². The summed E-state index contributed by atoms with van der Waals surface area (Å²) in [5.74, 6) is 0.659. The van der Waals surface area contributed by atoms with Gasteiger partial charge < -0.3 is 25.2 Å². The van der Waals surface area contributed by atoms with Crippen molar-refractivity contribution in [2.24, 2.45) is 5.92 Å². The highest BCUT2D eigenvalue weighted by Crippen LogP contribution is 2.29. The molecule has 0 aliphatic carbocycles. The third-order valence-electron chi connectivity index (χ3n) is 3.63. The Balaban J connectivity index is 1.87. The molecule has 3 N–H and O–H groups in total. The lowest BCUT2D eigenvalue weighted by molar-refractivity contribution is 0.0138. The molecule has 1 unspecified atom stereocenters. The van der Waals surface area contributed by atoms with Gasteiger partial charge in [-0.25, -0.2) is 4.79 Å². The molecule has 1 aliphatic heterocycles. The molecular weight excluding hydrogens is 296 g/mol. The molecule has 0 bridgehead atoms. The molecule has 0 spiro atoms. The number of amides is 1. The highest BCUT2D eigenvalue weighted by Gasteiger charge is 2.28. The number of carbonyl (C=O) groups excluding carboxylic acids is 1. The number of nitrogens with two attached hydrogens (primary N) is 1. The van der Waals surface area contributed by atoms with Crippen molar-refractivity contribution in [1.29, 1.82) is 0 Å². The molecular formula is C17H26N2O4. The van der Waals surface area contributed by atoms with Crippen LogP contribution in [0.1, 0.15) is 33.6 Å². The minimum atomic E-state index is -0.490. The van der Waals surface area contributed by atoms with Crippen LogP contribution in [-0.2, 0) is 4.74 Å². The zero-order valence-electron chi connectivity index (χ0n) is 14.0. The van der Waals surface area contributed by atoms with Crippen molar-refractivity contribution in [3.63, 3.8) is 0 Å². The second-order valence-corrected chi connectivity index (χ2v) is 6.97. The van der Waals surface area contributed by atoms with Gasteiger partial charge in [0.05, 0.1) is 6.61 Å². The Kier molecular flexibility index (Phi) is 5.23. The summed E-state index contributed by atoms with van der Waals surface area (Å²) in [7, 11) is 0. The first-order valence-corrected chi connectivity index (χ1v) is 7.94. The molecule has 0 aromatic heterocycles. The van der Waals surface area contributed by atoms with Gasteiger partial charge in [0.2, 0.25) is 0 Å². The first-order chi connectivity index (χ1) is 10.7. The predicted octanol–water partition coefficient (Wildman–Crippen LogP) is 3.00. The highest BCUT2D eigenvalue weighted by molar-refractivity contribution is 5.68. The zero-order valence-corrected chi connectivity index (χ0v) is 14.0. The van der Waals surface area contributed by atoms with Crippen molar-refractivity contribution in [3.05, 3.63) is 18.2 Å². The van der Waals surface area contributed by atoms with Crippen molar-refractivity contribution in [2.75, 3.05) is 25.4 Å². The largest absolute Gasteiger partial charge is 0.504 e. The fraction of sp³-hybridized carbons (Fsp3) is 0.588. The van der Waals surface area contributed by atoms with Crippen molar-refractivity contribution in [2.45, 2.75) is 39.2 Å². The summed E-state index contributed by atoms with van der Waals surface area (Å²) in [6.07, 6.45) is 1.62. The molecule has 1 fully saturated rings. The molecule has 0 saturated carbocycles. The third kappa shape index (κ3) is 5.23. The number of phenols is 1. The van der Waals surface area contributed by atoms with Crippen LogP contribution >= 0.6 is 0 Å². The maximum Gasteiger partial charge on any atom is 0.410 e. The van der Waals surface area contributed by atoms with Gasteiger partial charge in [-0.1, -0.05) is 0 Å². The molecule has 1 aromatic carbocycles. The number of ether oxygens (including phenoxy) is 2. The van der Waals surface area contributed by atoms with Gasteiger partial charge in [0.1, 0.15) is 5.60 Å². The maximum absolute atomic E-state index is 12.1. The van der Waals surface area contributed by atoms with Gasteiger partial charge >= 0.3 is 6.09 Å². The van der Waals surface area contributed by atoms with E-state index >= 15 is 0 Å². The number of phenolic OH excluding ortho intramolecular Hbond substituents is 1. The summed E-state index contributed by atoms with van der Waals surface area (Å²) in [6.45, 7) is 7.33. The van der Waals surface area contributed by atoms with E-state index in [9.17, 15) is 9.90 Å². The van der Waals surface area contributed by atoms with E-state index in [1.54, 1.807) is 17.0 Å². The van der Waals surface area contributed by atoms with E-state index in [4.69, 9.17) is 15.2 Å². The fourth-order valence-corrected chi connectivity index (χ4v) is 2.56. The van der Waals surface area contributed by atoms with Gasteiger partial charge in [0, 0.05) is 30.8 Å². The number of piperidine rings is 1. The lowest BCUT2D eigenvalue weighted by Gasteiger charge is -2.34. The monoisotopic (exact) mass is 322 g/mol. The summed E-state index contributed by atoms with van der Waals surface area (Å²) in [5, 5.41) is 9.80. The quantitative estimate of drug-likeness (QED) is 0.836. The van der Waals surface area contributed by atoms with Gasteiger partial charge in [-0.15, -0.1) is 0 Å². The Morgan fingerprint density at radius 2 is 2.17 bits per heavy atom. The minimum absolute atomic E-state index is 0.0322. The average Bonchev–Trinajstić information content (AvgIpc) is 2.45. The predicted molar refractivity (Wildman–Crippen MR) is 88.5 cm³/mol. The molecule has 23 heavy (non-hydrogen) atoms. The maximum atomic E-state index is 12.1. The number of anilines is 1. The van der Waals surface area contributed by atoms with Gasteiger partial charge in [-0.2, -0.15) is 0 Å².